The topological polar surface area (TPSA) is 62.5 Å². The fourth-order valence-electron chi connectivity index (χ4n) is 2.41. The molecule has 2 rings (SSSR count). The lowest BCUT2D eigenvalue weighted by atomic mass is 10.1. The largest absolute Gasteiger partial charge is 0.340 e. The van der Waals surface area contributed by atoms with Gasteiger partial charge in [-0.2, -0.15) is 0 Å². The summed E-state index contributed by atoms with van der Waals surface area (Å²) in [5, 5.41) is 0. The molecule has 1 saturated heterocycles. The Bertz CT molecular complexity index is 413. The van der Waals surface area contributed by atoms with Crippen LogP contribution in [0.25, 0.3) is 0 Å². The molecule has 5 nitrogen and oxygen atoms in total. The summed E-state index contributed by atoms with van der Waals surface area (Å²) in [4.78, 5) is 20.4. The smallest absolute Gasteiger partial charge is 0.222 e. The number of aromatic nitrogens is 1. The van der Waals surface area contributed by atoms with E-state index in [2.05, 4.69) is 9.88 Å². The summed E-state index contributed by atoms with van der Waals surface area (Å²) in [7, 11) is 0. The van der Waals surface area contributed by atoms with Gasteiger partial charge in [0.05, 0.1) is 0 Å². The molecule has 0 aromatic carbocycles. The average molecular weight is 276 g/mol. The minimum absolute atomic E-state index is 0.104. The Morgan fingerprint density at radius 1 is 1.30 bits per heavy atom. The van der Waals surface area contributed by atoms with E-state index in [4.69, 9.17) is 5.73 Å². The standard InChI is InChI=1S/C15H24N4O/c1-13(16)2-3-15(20)19-10-8-18(9-11-19)12-14-4-6-17-7-5-14/h4-7,13H,2-3,8-12,16H2,1H3. The predicted octanol–water partition coefficient (Wildman–Crippen LogP) is 0.853. The Balaban J connectivity index is 1.73. The average Bonchev–Trinajstić information content (AvgIpc) is 2.46. The van der Waals surface area contributed by atoms with Crippen molar-refractivity contribution < 1.29 is 4.79 Å². The molecule has 0 aliphatic carbocycles. The number of hydrogen-bond donors (Lipinski definition) is 1. The zero-order valence-corrected chi connectivity index (χ0v) is 12.2. The molecule has 0 bridgehead atoms. The molecule has 2 heterocycles. The molecule has 1 amide bonds. The van der Waals surface area contributed by atoms with Crippen molar-refractivity contribution in [2.75, 3.05) is 26.2 Å². The predicted molar refractivity (Wildman–Crippen MR) is 79.0 cm³/mol. The minimum Gasteiger partial charge on any atom is -0.340 e. The zero-order chi connectivity index (χ0) is 14.4. The maximum Gasteiger partial charge on any atom is 0.222 e. The molecule has 1 aromatic heterocycles. The fourth-order valence-corrected chi connectivity index (χ4v) is 2.41. The summed E-state index contributed by atoms with van der Waals surface area (Å²) in [5.74, 6) is 0.242. The molecule has 0 saturated carbocycles. The summed E-state index contributed by atoms with van der Waals surface area (Å²) in [6, 6.07) is 4.19. The molecule has 1 aliphatic rings. The lowest BCUT2D eigenvalue weighted by Crippen LogP contribution is -2.48. The fraction of sp³-hybridized carbons (Fsp3) is 0.600. The van der Waals surface area contributed by atoms with Crippen LogP contribution in [0.2, 0.25) is 0 Å². The summed E-state index contributed by atoms with van der Waals surface area (Å²) >= 11 is 0. The zero-order valence-electron chi connectivity index (χ0n) is 12.2. The van der Waals surface area contributed by atoms with Crippen LogP contribution in [0.1, 0.15) is 25.3 Å². The second-order valence-corrected chi connectivity index (χ2v) is 5.53. The Hall–Kier alpha value is -1.46. The highest BCUT2D eigenvalue weighted by Crippen LogP contribution is 2.09. The van der Waals surface area contributed by atoms with Crippen molar-refractivity contribution in [3.63, 3.8) is 0 Å². The van der Waals surface area contributed by atoms with Gasteiger partial charge in [0.2, 0.25) is 5.91 Å². The number of nitrogens with zero attached hydrogens (tertiary/aromatic N) is 3. The molecule has 5 heteroatoms. The van der Waals surface area contributed by atoms with Crippen LogP contribution in [0.15, 0.2) is 24.5 Å². The summed E-state index contributed by atoms with van der Waals surface area (Å²) < 4.78 is 0. The first-order valence-electron chi connectivity index (χ1n) is 7.30. The number of rotatable bonds is 5. The van der Waals surface area contributed by atoms with Gasteiger partial charge in [-0.15, -0.1) is 0 Å². The van der Waals surface area contributed by atoms with E-state index in [1.807, 2.05) is 36.4 Å². The lowest BCUT2D eigenvalue weighted by Gasteiger charge is -2.35. The highest BCUT2D eigenvalue weighted by molar-refractivity contribution is 5.76. The number of amides is 1. The maximum atomic E-state index is 12.0. The van der Waals surface area contributed by atoms with Crippen LogP contribution in [0, 0.1) is 0 Å². The Morgan fingerprint density at radius 2 is 1.95 bits per heavy atom. The maximum absolute atomic E-state index is 12.0. The molecule has 0 spiro atoms. The Labute approximate surface area is 120 Å². The van der Waals surface area contributed by atoms with Crippen molar-refractivity contribution in [3.8, 4) is 0 Å². The molecule has 1 unspecified atom stereocenters. The van der Waals surface area contributed by atoms with Crippen LogP contribution < -0.4 is 5.73 Å². The van der Waals surface area contributed by atoms with Gasteiger partial charge in [0.1, 0.15) is 0 Å². The van der Waals surface area contributed by atoms with Crippen LogP contribution >= 0.6 is 0 Å². The third-order valence-electron chi connectivity index (χ3n) is 3.69. The van der Waals surface area contributed by atoms with Gasteiger partial charge in [-0.05, 0) is 31.0 Å². The quantitative estimate of drug-likeness (QED) is 0.866. The van der Waals surface area contributed by atoms with E-state index in [1.54, 1.807) is 0 Å². The van der Waals surface area contributed by atoms with Crippen LogP contribution in [-0.2, 0) is 11.3 Å². The van der Waals surface area contributed by atoms with Crippen LogP contribution in [-0.4, -0.2) is 52.9 Å². The summed E-state index contributed by atoms with van der Waals surface area (Å²) in [6.07, 6.45) is 4.99. The van der Waals surface area contributed by atoms with E-state index < -0.39 is 0 Å². The molecule has 20 heavy (non-hydrogen) atoms. The van der Waals surface area contributed by atoms with Gasteiger partial charge in [-0.1, -0.05) is 0 Å². The molecule has 110 valence electrons. The molecule has 1 aromatic rings. The first-order chi connectivity index (χ1) is 9.65. The van der Waals surface area contributed by atoms with E-state index >= 15 is 0 Å². The SMILES string of the molecule is CC(N)CCC(=O)N1CCN(Cc2ccncc2)CC1. The van der Waals surface area contributed by atoms with Gasteiger partial charge in [0.25, 0.3) is 0 Å². The minimum atomic E-state index is 0.104. The third-order valence-corrected chi connectivity index (χ3v) is 3.69. The first-order valence-corrected chi connectivity index (χ1v) is 7.30. The second-order valence-electron chi connectivity index (χ2n) is 5.53. The number of nitrogens with two attached hydrogens (primary N) is 1. The van der Waals surface area contributed by atoms with E-state index in [0.717, 1.165) is 39.1 Å². The van der Waals surface area contributed by atoms with Crippen LogP contribution in [0.5, 0.6) is 0 Å². The van der Waals surface area contributed by atoms with Gasteiger partial charge < -0.3 is 10.6 Å². The highest BCUT2D eigenvalue weighted by Gasteiger charge is 2.20. The molecule has 2 N–H and O–H groups in total. The molecule has 1 aliphatic heterocycles. The van der Waals surface area contributed by atoms with Crippen molar-refractivity contribution >= 4 is 5.91 Å². The monoisotopic (exact) mass is 276 g/mol. The first kappa shape index (κ1) is 14.9. The van der Waals surface area contributed by atoms with Crippen molar-refractivity contribution in [2.24, 2.45) is 5.73 Å². The molecule has 1 fully saturated rings. The Kier molecular flexibility index (Phi) is 5.49. The van der Waals surface area contributed by atoms with Crippen molar-refractivity contribution in [1.29, 1.82) is 0 Å². The van der Waals surface area contributed by atoms with Gasteiger partial charge >= 0.3 is 0 Å². The molecule has 1 atom stereocenters. The van der Waals surface area contributed by atoms with Gasteiger partial charge in [-0.25, -0.2) is 0 Å². The number of piperazine rings is 1. The van der Waals surface area contributed by atoms with E-state index in [-0.39, 0.29) is 11.9 Å². The normalized spacial score (nSPS) is 18.0. The molecule has 0 radical (unpaired) electrons. The van der Waals surface area contributed by atoms with Crippen LogP contribution in [0.3, 0.4) is 0 Å². The summed E-state index contributed by atoms with van der Waals surface area (Å²) in [6.45, 7) is 6.40. The lowest BCUT2D eigenvalue weighted by molar-refractivity contribution is -0.133. The molecular weight excluding hydrogens is 252 g/mol. The number of hydrogen-bond acceptors (Lipinski definition) is 4. The number of carbonyl (C=O) groups excluding carboxylic acids is 1. The Morgan fingerprint density at radius 3 is 2.55 bits per heavy atom. The van der Waals surface area contributed by atoms with Crippen molar-refractivity contribution in [3.05, 3.63) is 30.1 Å². The number of pyridine rings is 1. The second kappa shape index (κ2) is 7.36. The number of carbonyl (C=O) groups is 1. The van der Waals surface area contributed by atoms with Gasteiger partial charge in [0, 0.05) is 57.6 Å². The van der Waals surface area contributed by atoms with E-state index in [9.17, 15) is 4.79 Å². The highest BCUT2D eigenvalue weighted by atomic mass is 16.2. The van der Waals surface area contributed by atoms with Gasteiger partial charge in [-0.3, -0.25) is 14.7 Å². The van der Waals surface area contributed by atoms with Crippen molar-refractivity contribution in [2.45, 2.75) is 32.4 Å². The van der Waals surface area contributed by atoms with Gasteiger partial charge in [0.15, 0.2) is 0 Å². The third kappa shape index (κ3) is 4.58. The molecular formula is C15H24N4O. The summed E-state index contributed by atoms with van der Waals surface area (Å²) in [5.41, 5.74) is 6.97. The van der Waals surface area contributed by atoms with Crippen LogP contribution in [0.4, 0.5) is 0 Å². The van der Waals surface area contributed by atoms with E-state index in [0.29, 0.717) is 6.42 Å². The van der Waals surface area contributed by atoms with E-state index in [1.165, 1.54) is 5.56 Å². The van der Waals surface area contributed by atoms with Crippen molar-refractivity contribution in [1.82, 2.24) is 14.8 Å².